The van der Waals surface area contributed by atoms with Crippen molar-refractivity contribution in [1.29, 1.82) is 0 Å². The van der Waals surface area contributed by atoms with Gasteiger partial charge in [-0.3, -0.25) is 9.69 Å². The zero-order valence-electron chi connectivity index (χ0n) is 17.6. The van der Waals surface area contributed by atoms with Crippen molar-refractivity contribution < 1.29 is 9.59 Å². The number of urea groups is 1. The summed E-state index contributed by atoms with van der Waals surface area (Å²) in [5.74, 6) is 0.502. The number of hydrogen-bond acceptors (Lipinski definition) is 3. The lowest BCUT2D eigenvalue weighted by molar-refractivity contribution is -0.123. The fraction of sp³-hybridized carbons (Fsp3) is 0.208. The maximum atomic E-state index is 12.9. The average molecular weight is 400 g/mol. The number of imide groups is 1. The first-order valence-corrected chi connectivity index (χ1v) is 9.85. The van der Waals surface area contributed by atoms with E-state index in [1.54, 1.807) is 6.08 Å². The number of pyridine rings is 1. The van der Waals surface area contributed by atoms with Crippen molar-refractivity contribution in [2.75, 3.05) is 0 Å². The number of hydrogen-bond donors (Lipinski definition) is 1. The van der Waals surface area contributed by atoms with Crippen molar-refractivity contribution in [3.63, 3.8) is 0 Å². The number of amides is 3. The summed E-state index contributed by atoms with van der Waals surface area (Å²) < 4.78 is 2.04. The van der Waals surface area contributed by atoms with Crippen molar-refractivity contribution in [1.82, 2.24) is 19.8 Å². The summed E-state index contributed by atoms with van der Waals surface area (Å²) >= 11 is 0. The van der Waals surface area contributed by atoms with Gasteiger partial charge in [-0.25, -0.2) is 9.78 Å². The van der Waals surface area contributed by atoms with Crippen molar-refractivity contribution in [2.24, 2.45) is 0 Å². The zero-order chi connectivity index (χ0) is 21.4. The lowest BCUT2D eigenvalue weighted by Crippen LogP contribution is -2.30. The number of aromatic nitrogens is 2. The molecule has 1 aliphatic rings. The van der Waals surface area contributed by atoms with Crippen LogP contribution in [0.2, 0.25) is 0 Å². The molecule has 0 atom stereocenters. The number of carbonyl (C=O) groups is 2. The van der Waals surface area contributed by atoms with Gasteiger partial charge in [-0.2, -0.15) is 0 Å². The Kier molecular flexibility index (Phi) is 4.99. The number of rotatable bonds is 4. The second-order valence-corrected chi connectivity index (χ2v) is 7.72. The van der Waals surface area contributed by atoms with Gasteiger partial charge in [0.2, 0.25) is 0 Å². The molecule has 4 rings (SSSR count). The maximum absolute atomic E-state index is 12.9. The molecule has 1 N–H and O–H groups in total. The van der Waals surface area contributed by atoms with Crippen LogP contribution in [-0.4, -0.2) is 26.4 Å². The largest absolute Gasteiger partial charge is 0.329 e. The summed E-state index contributed by atoms with van der Waals surface area (Å²) in [7, 11) is 0. The van der Waals surface area contributed by atoms with Crippen LogP contribution >= 0.6 is 0 Å². The van der Waals surface area contributed by atoms with E-state index in [-0.39, 0.29) is 18.1 Å². The third-order valence-electron chi connectivity index (χ3n) is 5.32. The first-order chi connectivity index (χ1) is 14.3. The van der Waals surface area contributed by atoms with Gasteiger partial charge < -0.3 is 9.88 Å². The number of aryl methyl sites for hydroxylation is 3. The van der Waals surface area contributed by atoms with E-state index < -0.39 is 6.03 Å². The van der Waals surface area contributed by atoms with E-state index in [0.717, 1.165) is 39.5 Å². The van der Waals surface area contributed by atoms with E-state index in [2.05, 4.69) is 10.3 Å². The average Bonchev–Trinajstić information content (AvgIpc) is 3.14. The molecule has 152 valence electrons. The van der Waals surface area contributed by atoms with Gasteiger partial charge >= 0.3 is 6.03 Å². The highest BCUT2D eigenvalue weighted by Crippen LogP contribution is 2.24. The van der Waals surface area contributed by atoms with Crippen LogP contribution in [0.15, 0.2) is 54.4 Å². The predicted octanol–water partition coefficient (Wildman–Crippen LogP) is 4.20. The van der Waals surface area contributed by atoms with Gasteiger partial charge in [0.1, 0.15) is 11.5 Å². The van der Waals surface area contributed by atoms with E-state index in [1.807, 2.05) is 80.9 Å². The van der Waals surface area contributed by atoms with Gasteiger partial charge in [-0.05, 0) is 62.6 Å². The molecule has 6 heteroatoms. The highest BCUT2D eigenvalue weighted by atomic mass is 16.2. The molecule has 1 saturated heterocycles. The minimum atomic E-state index is -0.402. The third kappa shape index (κ3) is 3.64. The molecule has 6 nitrogen and oxygen atoms in total. The van der Waals surface area contributed by atoms with E-state index in [4.69, 9.17) is 0 Å². The molecule has 0 aliphatic carbocycles. The minimum absolute atomic E-state index is 0.245. The summed E-state index contributed by atoms with van der Waals surface area (Å²) in [4.78, 5) is 31.0. The first kappa shape index (κ1) is 19.6. The molecule has 30 heavy (non-hydrogen) atoms. The quantitative estimate of drug-likeness (QED) is 0.527. The first-order valence-electron chi connectivity index (χ1n) is 9.85. The van der Waals surface area contributed by atoms with E-state index >= 15 is 0 Å². The lowest BCUT2D eigenvalue weighted by Gasteiger charge is -2.11. The Bertz CT molecular complexity index is 1160. The van der Waals surface area contributed by atoms with Crippen LogP contribution in [0.3, 0.4) is 0 Å². The summed E-state index contributed by atoms with van der Waals surface area (Å²) in [6, 6.07) is 13.4. The molecule has 0 bridgehead atoms. The second-order valence-electron chi connectivity index (χ2n) is 7.72. The zero-order valence-corrected chi connectivity index (χ0v) is 17.6. The van der Waals surface area contributed by atoms with Crippen LogP contribution in [0, 0.1) is 27.7 Å². The highest BCUT2D eigenvalue weighted by Gasteiger charge is 2.33. The van der Waals surface area contributed by atoms with Gasteiger partial charge in [-0.1, -0.05) is 35.9 Å². The Morgan fingerprint density at radius 2 is 1.67 bits per heavy atom. The smallest absolute Gasteiger partial charge is 0.303 e. The van der Waals surface area contributed by atoms with E-state index in [0.29, 0.717) is 0 Å². The van der Waals surface area contributed by atoms with Crippen LogP contribution in [0.4, 0.5) is 4.79 Å². The van der Waals surface area contributed by atoms with Gasteiger partial charge in [0.05, 0.1) is 6.54 Å². The Morgan fingerprint density at radius 1 is 0.967 bits per heavy atom. The molecule has 3 heterocycles. The highest BCUT2D eigenvalue weighted by molar-refractivity contribution is 6.13. The fourth-order valence-electron chi connectivity index (χ4n) is 3.63. The Hall–Kier alpha value is -3.67. The summed E-state index contributed by atoms with van der Waals surface area (Å²) in [6.45, 7) is 8.22. The lowest BCUT2D eigenvalue weighted by atomic mass is 10.1. The van der Waals surface area contributed by atoms with Gasteiger partial charge in [-0.15, -0.1) is 0 Å². The van der Waals surface area contributed by atoms with Crippen molar-refractivity contribution in [3.05, 3.63) is 88.0 Å². The summed E-state index contributed by atoms with van der Waals surface area (Å²) in [5.41, 5.74) is 6.25. The molecule has 2 aromatic heterocycles. The van der Waals surface area contributed by atoms with E-state index in [1.165, 1.54) is 4.90 Å². The van der Waals surface area contributed by atoms with Gasteiger partial charge in [0.15, 0.2) is 0 Å². The van der Waals surface area contributed by atoms with Crippen molar-refractivity contribution in [2.45, 2.75) is 34.2 Å². The molecule has 3 amide bonds. The predicted molar refractivity (Wildman–Crippen MR) is 116 cm³/mol. The standard InChI is InChI=1S/C24H24N4O2/c1-15-5-8-19(9-6-15)14-27-23(29)21(26-24(27)30)12-20-11-17(3)28(18(20)4)22-10-7-16(2)13-25-22/h5-13H,14H2,1-4H3,(H,26,30)/b21-12+. The molecule has 0 unspecified atom stereocenters. The van der Waals surface area contributed by atoms with E-state index in [9.17, 15) is 9.59 Å². The molecule has 1 aromatic carbocycles. The molecular weight excluding hydrogens is 376 g/mol. The maximum Gasteiger partial charge on any atom is 0.329 e. The molecule has 1 fully saturated rings. The van der Waals surface area contributed by atoms with Crippen LogP contribution in [-0.2, 0) is 11.3 Å². The number of benzene rings is 1. The Morgan fingerprint density at radius 3 is 2.33 bits per heavy atom. The number of nitrogens with one attached hydrogen (secondary N) is 1. The minimum Gasteiger partial charge on any atom is -0.303 e. The van der Waals surface area contributed by atoms with Crippen LogP contribution < -0.4 is 5.32 Å². The molecule has 1 aliphatic heterocycles. The molecule has 0 spiro atoms. The Balaban J connectivity index is 1.61. The van der Waals surface area contributed by atoms with Gasteiger partial charge in [0.25, 0.3) is 5.91 Å². The number of nitrogens with zero attached hydrogens (tertiary/aromatic N) is 3. The fourth-order valence-corrected chi connectivity index (χ4v) is 3.63. The SMILES string of the molecule is Cc1ccc(CN2C(=O)N/C(=C/c3cc(C)n(-c4ccc(C)cn4)c3C)C2=O)cc1. The second kappa shape index (κ2) is 7.63. The summed E-state index contributed by atoms with van der Waals surface area (Å²) in [6.07, 6.45) is 3.57. The monoisotopic (exact) mass is 400 g/mol. The Labute approximate surface area is 175 Å². The van der Waals surface area contributed by atoms with Crippen molar-refractivity contribution >= 4 is 18.0 Å². The normalized spacial score (nSPS) is 15.2. The topological polar surface area (TPSA) is 67.2 Å². The molecule has 3 aromatic rings. The van der Waals surface area contributed by atoms with Gasteiger partial charge in [0, 0.05) is 17.6 Å². The van der Waals surface area contributed by atoms with Crippen LogP contribution in [0.1, 0.15) is 33.6 Å². The van der Waals surface area contributed by atoms with Crippen LogP contribution in [0.25, 0.3) is 11.9 Å². The third-order valence-corrected chi connectivity index (χ3v) is 5.32. The molecule has 0 saturated carbocycles. The van der Waals surface area contributed by atoms with Crippen LogP contribution in [0.5, 0.6) is 0 Å². The number of carbonyl (C=O) groups excluding carboxylic acids is 2. The summed E-state index contributed by atoms with van der Waals surface area (Å²) in [5, 5.41) is 2.71. The van der Waals surface area contributed by atoms with Crippen molar-refractivity contribution in [3.8, 4) is 5.82 Å². The molecule has 0 radical (unpaired) electrons. The molecular formula is C24H24N4O2.